The third-order valence-electron chi connectivity index (χ3n) is 3.88. The van der Waals surface area contributed by atoms with Gasteiger partial charge in [-0.3, -0.25) is 0 Å². The number of fused-ring (bicyclic) bond motifs is 1. The van der Waals surface area contributed by atoms with Crippen molar-refractivity contribution in [1.82, 2.24) is 14.8 Å². The van der Waals surface area contributed by atoms with E-state index in [1.807, 2.05) is 18.5 Å². The number of hydrogen-bond acceptors (Lipinski definition) is 3. The minimum Gasteiger partial charge on any atom is -0.381 e. The molecule has 0 saturated carbocycles. The predicted octanol–water partition coefficient (Wildman–Crippen LogP) is 3.41. The van der Waals surface area contributed by atoms with Crippen molar-refractivity contribution in [2.24, 2.45) is 5.92 Å². The van der Waals surface area contributed by atoms with Crippen LogP contribution in [0.3, 0.4) is 0 Å². The highest BCUT2D eigenvalue weighted by molar-refractivity contribution is 14.1. The molecule has 2 aromatic heterocycles. The quantitative estimate of drug-likeness (QED) is 0.777. The van der Waals surface area contributed by atoms with Crippen molar-refractivity contribution >= 4 is 33.6 Å². The standard InChI is InChI=1S/C14H18IN3O/c1-10(8-11-3-6-19-7-4-11)18-14-12(9-17-18)13(15)2-5-16-14/h2,5,9-11H,3-4,6-8H2,1H3. The van der Waals surface area contributed by atoms with Gasteiger partial charge in [0.05, 0.1) is 17.6 Å². The predicted molar refractivity (Wildman–Crippen MR) is 83.1 cm³/mol. The first-order valence-electron chi connectivity index (χ1n) is 6.81. The summed E-state index contributed by atoms with van der Waals surface area (Å²) < 4.78 is 8.71. The molecule has 5 heteroatoms. The lowest BCUT2D eigenvalue weighted by molar-refractivity contribution is 0.0595. The van der Waals surface area contributed by atoms with Crippen LogP contribution < -0.4 is 0 Å². The van der Waals surface area contributed by atoms with Crippen LogP contribution in [0.5, 0.6) is 0 Å². The zero-order chi connectivity index (χ0) is 13.2. The molecule has 0 N–H and O–H groups in total. The monoisotopic (exact) mass is 371 g/mol. The van der Waals surface area contributed by atoms with Gasteiger partial charge in [0.1, 0.15) is 0 Å². The van der Waals surface area contributed by atoms with E-state index < -0.39 is 0 Å². The van der Waals surface area contributed by atoms with Crippen molar-refractivity contribution < 1.29 is 4.74 Å². The molecule has 1 unspecified atom stereocenters. The minimum absolute atomic E-state index is 0.395. The van der Waals surface area contributed by atoms with Gasteiger partial charge < -0.3 is 4.74 Å². The maximum Gasteiger partial charge on any atom is 0.159 e. The molecular weight excluding hydrogens is 353 g/mol. The van der Waals surface area contributed by atoms with Gasteiger partial charge >= 0.3 is 0 Å². The summed E-state index contributed by atoms with van der Waals surface area (Å²) >= 11 is 2.34. The van der Waals surface area contributed by atoms with Crippen molar-refractivity contribution in [2.45, 2.75) is 32.2 Å². The van der Waals surface area contributed by atoms with Gasteiger partial charge in [-0.1, -0.05) is 0 Å². The van der Waals surface area contributed by atoms with E-state index in [4.69, 9.17) is 4.74 Å². The van der Waals surface area contributed by atoms with Crippen LogP contribution in [0.1, 0.15) is 32.2 Å². The van der Waals surface area contributed by atoms with E-state index in [0.29, 0.717) is 6.04 Å². The van der Waals surface area contributed by atoms with Crippen LogP contribution in [0.4, 0.5) is 0 Å². The number of hydrogen-bond donors (Lipinski definition) is 0. The van der Waals surface area contributed by atoms with Crippen LogP contribution in [0.15, 0.2) is 18.5 Å². The second-order valence-electron chi connectivity index (χ2n) is 5.26. The zero-order valence-corrected chi connectivity index (χ0v) is 13.2. The number of nitrogens with zero attached hydrogens (tertiary/aromatic N) is 3. The van der Waals surface area contributed by atoms with Crippen LogP contribution >= 0.6 is 22.6 Å². The molecule has 1 aliphatic heterocycles. The van der Waals surface area contributed by atoms with Crippen molar-refractivity contribution in [3.8, 4) is 0 Å². The van der Waals surface area contributed by atoms with Gasteiger partial charge in [0.15, 0.2) is 5.65 Å². The molecule has 3 rings (SSSR count). The SMILES string of the molecule is CC(CC1CCOCC1)n1ncc2c(I)ccnc21. The van der Waals surface area contributed by atoms with Crippen LogP contribution in [0, 0.1) is 9.49 Å². The molecule has 0 radical (unpaired) electrons. The highest BCUT2D eigenvalue weighted by Crippen LogP contribution is 2.28. The molecule has 102 valence electrons. The van der Waals surface area contributed by atoms with Crippen LogP contribution in [0.25, 0.3) is 11.0 Å². The van der Waals surface area contributed by atoms with Gasteiger partial charge in [-0.05, 0) is 60.8 Å². The number of pyridine rings is 1. The van der Waals surface area contributed by atoms with Crippen molar-refractivity contribution in [3.05, 3.63) is 22.0 Å². The van der Waals surface area contributed by atoms with Crippen molar-refractivity contribution in [3.63, 3.8) is 0 Å². The van der Waals surface area contributed by atoms with E-state index in [1.165, 1.54) is 16.4 Å². The van der Waals surface area contributed by atoms with Crippen molar-refractivity contribution in [2.75, 3.05) is 13.2 Å². The number of ether oxygens (including phenoxy) is 1. The van der Waals surface area contributed by atoms with Gasteiger partial charge in [-0.15, -0.1) is 0 Å². The van der Waals surface area contributed by atoms with Gasteiger partial charge in [0.25, 0.3) is 0 Å². The lowest BCUT2D eigenvalue weighted by Gasteiger charge is -2.25. The largest absolute Gasteiger partial charge is 0.381 e. The molecule has 4 nitrogen and oxygen atoms in total. The average molecular weight is 371 g/mol. The molecule has 0 aromatic carbocycles. The molecule has 1 saturated heterocycles. The van der Waals surface area contributed by atoms with E-state index in [0.717, 1.165) is 36.6 Å². The Morgan fingerprint density at radius 3 is 3.05 bits per heavy atom. The summed E-state index contributed by atoms with van der Waals surface area (Å²) in [5, 5.41) is 5.69. The fourth-order valence-corrected chi connectivity index (χ4v) is 3.34. The summed E-state index contributed by atoms with van der Waals surface area (Å²) in [6, 6.07) is 2.42. The third-order valence-corrected chi connectivity index (χ3v) is 4.82. The Morgan fingerprint density at radius 2 is 2.26 bits per heavy atom. The van der Waals surface area contributed by atoms with E-state index in [2.05, 4.69) is 44.3 Å². The molecule has 1 aliphatic rings. The highest BCUT2D eigenvalue weighted by Gasteiger charge is 2.19. The first-order valence-corrected chi connectivity index (χ1v) is 7.89. The molecule has 19 heavy (non-hydrogen) atoms. The van der Waals surface area contributed by atoms with Crippen LogP contribution in [-0.4, -0.2) is 28.0 Å². The lowest BCUT2D eigenvalue weighted by Crippen LogP contribution is -2.19. The van der Waals surface area contributed by atoms with Gasteiger partial charge in [0, 0.05) is 23.0 Å². The fourth-order valence-electron chi connectivity index (χ4n) is 2.80. The molecule has 0 amide bonds. The topological polar surface area (TPSA) is 39.9 Å². The van der Waals surface area contributed by atoms with E-state index >= 15 is 0 Å². The Bertz CT molecular complexity index is 563. The molecule has 1 atom stereocenters. The summed E-state index contributed by atoms with van der Waals surface area (Å²) in [5.74, 6) is 0.755. The fraction of sp³-hybridized carbons (Fsp3) is 0.571. The van der Waals surface area contributed by atoms with E-state index in [-0.39, 0.29) is 0 Å². The molecule has 0 bridgehead atoms. The molecular formula is C14H18IN3O. The summed E-state index contributed by atoms with van der Waals surface area (Å²) in [6.07, 6.45) is 7.31. The van der Waals surface area contributed by atoms with E-state index in [1.54, 1.807) is 0 Å². The Balaban J connectivity index is 1.81. The number of halogens is 1. The Hall–Kier alpha value is -0.690. The maximum absolute atomic E-state index is 5.42. The number of rotatable bonds is 3. The summed E-state index contributed by atoms with van der Waals surface area (Å²) in [4.78, 5) is 4.49. The second kappa shape index (κ2) is 5.75. The summed E-state index contributed by atoms with van der Waals surface area (Å²) in [5.41, 5.74) is 1.01. The van der Waals surface area contributed by atoms with Gasteiger partial charge in [-0.2, -0.15) is 5.10 Å². The van der Waals surface area contributed by atoms with Crippen LogP contribution in [0.2, 0.25) is 0 Å². The Kier molecular flexibility index (Phi) is 4.02. The van der Waals surface area contributed by atoms with E-state index in [9.17, 15) is 0 Å². The summed E-state index contributed by atoms with van der Waals surface area (Å²) in [6.45, 7) is 4.06. The molecule has 1 fully saturated rings. The molecule has 0 aliphatic carbocycles. The third kappa shape index (κ3) is 2.76. The molecule has 2 aromatic rings. The van der Waals surface area contributed by atoms with Gasteiger partial charge in [-0.25, -0.2) is 9.67 Å². The maximum atomic E-state index is 5.42. The smallest absolute Gasteiger partial charge is 0.159 e. The first-order chi connectivity index (χ1) is 9.25. The molecule has 0 spiro atoms. The first kappa shape index (κ1) is 13.3. The van der Waals surface area contributed by atoms with Crippen LogP contribution in [-0.2, 0) is 4.74 Å². The highest BCUT2D eigenvalue weighted by atomic mass is 127. The number of aromatic nitrogens is 3. The summed E-state index contributed by atoms with van der Waals surface area (Å²) in [7, 11) is 0. The normalized spacial score (nSPS) is 18.8. The second-order valence-corrected chi connectivity index (χ2v) is 6.42. The Labute approximate surface area is 126 Å². The lowest BCUT2D eigenvalue weighted by atomic mass is 9.93. The minimum atomic E-state index is 0.395. The zero-order valence-electron chi connectivity index (χ0n) is 11.1. The Morgan fingerprint density at radius 1 is 1.47 bits per heavy atom. The molecule has 3 heterocycles. The van der Waals surface area contributed by atoms with Gasteiger partial charge in [0.2, 0.25) is 0 Å². The van der Waals surface area contributed by atoms with Crippen molar-refractivity contribution in [1.29, 1.82) is 0 Å². The average Bonchev–Trinajstić information content (AvgIpc) is 2.85.